The van der Waals surface area contributed by atoms with Crippen molar-refractivity contribution < 1.29 is 32.8 Å². The maximum Gasteiger partial charge on any atom is 0.472 e. The van der Waals surface area contributed by atoms with Gasteiger partial charge in [0.25, 0.3) is 0 Å². The number of ether oxygens (including phenoxy) is 2. The Morgan fingerprint density at radius 2 is 0.926 bits per heavy atom. The average Bonchev–Trinajstić information content (AvgIpc) is 3.16. The van der Waals surface area contributed by atoms with Gasteiger partial charge in [-0.2, -0.15) is 0 Å². The number of allylic oxidation sites excluding steroid dienone is 4. The zero-order valence-corrected chi connectivity index (χ0v) is 36.4. The van der Waals surface area contributed by atoms with Gasteiger partial charge in [0, 0.05) is 19.6 Å². The number of nitrogens with two attached hydrogens (primary N) is 1. The summed E-state index contributed by atoms with van der Waals surface area (Å²) >= 11 is 0. The van der Waals surface area contributed by atoms with Gasteiger partial charge in [0.15, 0.2) is 0 Å². The highest BCUT2D eigenvalue weighted by Crippen LogP contribution is 2.43. The maximum absolute atomic E-state index is 12.6. The molecule has 0 saturated heterocycles. The van der Waals surface area contributed by atoms with Crippen molar-refractivity contribution in [1.29, 1.82) is 0 Å². The van der Waals surface area contributed by atoms with E-state index >= 15 is 0 Å². The summed E-state index contributed by atoms with van der Waals surface area (Å²) in [6.45, 7) is 4.93. The molecule has 0 spiro atoms. The highest BCUT2D eigenvalue weighted by atomic mass is 31.2. The summed E-state index contributed by atoms with van der Waals surface area (Å²) < 4.78 is 33.5. The quantitative estimate of drug-likeness (QED) is 0.0271. The minimum Gasteiger partial charge on any atom is -0.457 e. The van der Waals surface area contributed by atoms with E-state index in [1.165, 1.54) is 154 Å². The molecule has 0 rings (SSSR count). The van der Waals surface area contributed by atoms with E-state index in [1.807, 2.05) is 0 Å². The molecule has 0 aliphatic carbocycles. The Kier molecular flexibility index (Phi) is 42.3. The Morgan fingerprint density at radius 3 is 1.35 bits per heavy atom. The molecule has 0 heterocycles. The van der Waals surface area contributed by atoms with Gasteiger partial charge >= 0.3 is 13.8 Å². The summed E-state index contributed by atoms with van der Waals surface area (Å²) in [4.78, 5) is 22.5. The first-order chi connectivity index (χ1) is 26.4. The van der Waals surface area contributed by atoms with Crippen molar-refractivity contribution in [3.63, 3.8) is 0 Å². The van der Waals surface area contributed by atoms with Gasteiger partial charge in [-0.25, -0.2) is 4.57 Å². The fraction of sp³-hybridized carbons (Fsp3) is 0.889. The Balaban J connectivity index is 4.00. The molecule has 0 aromatic heterocycles. The number of phosphoric ester groups is 1. The number of rotatable bonds is 44. The van der Waals surface area contributed by atoms with Gasteiger partial charge in [-0.15, -0.1) is 0 Å². The second-order valence-corrected chi connectivity index (χ2v) is 16.7. The average molecular weight is 786 g/mol. The first kappa shape index (κ1) is 53.0. The SMILES string of the molecule is CCCCCCCCC/C=C\CCCCCCCCCCOCC(COP(=O)(O)OCCN)OC(=O)CCCCCCC/C=C\CCCCCCCCC. The van der Waals surface area contributed by atoms with Gasteiger partial charge in [-0.1, -0.05) is 173 Å². The zero-order valence-electron chi connectivity index (χ0n) is 35.5. The van der Waals surface area contributed by atoms with Crippen LogP contribution in [-0.2, 0) is 27.9 Å². The number of hydrogen-bond donors (Lipinski definition) is 2. The third kappa shape index (κ3) is 42.1. The van der Waals surface area contributed by atoms with E-state index in [0.29, 0.717) is 13.0 Å². The Bertz CT molecular complexity index is 884. The molecule has 2 unspecified atom stereocenters. The van der Waals surface area contributed by atoms with Crippen molar-refractivity contribution in [3.8, 4) is 0 Å². The number of esters is 1. The monoisotopic (exact) mass is 786 g/mol. The van der Waals surface area contributed by atoms with Crippen molar-refractivity contribution in [2.45, 2.75) is 225 Å². The Morgan fingerprint density at radius 1 is 0.537 bits per heavy atom. The third-order valence-electron chi connectivity index (χ3n) is 9.84. The first-order valence-corrected chi connectivity index (χ1v) is 24.3. The summed E-state index contributed by atoms with van der Waals surface area (Å²) in [5.74, 6) is -0.337. The van der Waals surface area contributed by atoms with Gasteiger partial charge in [0.2, 0.25) is 0 Å². The lowest BCUT2D eigenvalue weighted by Gasteiger charge is -2.20. The fourth-order valence-electron chi connectivity index (χ4n) is 6.46. The predicted octanol–water partition coefficient (Wildman–Crippen LogP) is 13.6. The highest BCUT2D eigenvalue weighted by molar-refractivity contribution is 7.47. The second kappa shape index (κ2) is 43.1. The highest BCUT2D eigenvalue weighted by Gasteiger charge is 2.25. The molecule has 0 amide bonds. The van der Waals surface area contributed by atoms with E-state index < -0.39 is 13.9 Å². The fourth-order valence-corrected chi connectivity index (χ4v) is 7.22. The molecule has 0 aromatic carbocycles. The lowest BCUT2D eigenvalue weighted by atomic mass is 10.1. The molecule has 2 atom stereocenters. The molecule has 54 heavy (non-hydrogen) atoms. The number of carbonyl (C=O) groups is 1. The van der Waals surface area contributed by atoms with E-state index in [4.69, 9.17) is 24.3 Å². The zero-order chi connectivity index (χ0) is 39.5. The summed E-state index contributed by atoms with van der Waals surface area (Å²) in [6.07, 6.45) is 47.7. The summed E-state index contributed by atoms with van der Waals surface area (Å²) in [5, 5.41) is 0. The van der Waals surface area contributed by atoms with Crippen molar-refractivity contribution in [2.24, 2.45) is 5.73 Å². The van der Waals surface area contributed by atoms with Crippen molar-refractivity contribution in [1.82, 2.24) is 0 Å². The van der Waals surface area contributed by atoms with Crippen LogP contribution in [0.4, 0.5) is 0 Å². The van der Waals surface area contributed by atoms with E-state index in [0.717, 1.165) is 44.9 Å². The van der Waals surface area contributed by atoms with Crippen LogP contribution in [0.1, 0.15) is 219 Å². The molecule has 9 heteroatoms. The second-order valence-electron chi connectivity index (χ2n) is 15.3. The van der Waals surface area contributed by atoms with Crippen LogP contribution < -0.4 is 5.73 Å². The lowest BCUT2D eigenvalue weighted by Crippen LogP contribution is -2.28. The minimum atomic E-state index is -4.28. The molecule has 0 aromatic rings. The van der Waals surface area contributed by atoms with Gasteiger partial charge in [0.1, 0.15) is 6.10 Å². The minimum absolute atomic E-state index is 0.0962. The molecular weight excluding hydrogens is 697 g/mol. The van der Waals surface area contributed by atoms with Crippen LogP contribution in [0.5, 0.6) is 0 Å². The smallest absolute Gasteiger partial charge is 0.457 e. The molecule has 0 fully saturated rings. The molecule has 0 radical (unpaired) electrons. The number of carbonyl (C=O) groups excluding carboxylic acids is 1. The summed E-state index contributed by atoms with van der Waals surface area (Å²) in [6, 6.07) is 0. The number of phosphoric acid groups is 1. The van der Waals surface area contributed by atoms with Crippen molar-refractivity contribution in [3.05, 3.63) is 24.3 Å². The molecule has 0 bridgehead atoms. The largest absolute Gasteiger partial charge is 0.472 e. The van der Waals surface area contributed by atoms with Crippen LogP contribution >= 0.6 is 7.82 Å². The topological polar surface area (TPSA) is 117 Å². The van der Waals surface area contributed by atoms with Crippen molar-refractivity contribution in [2.75, 3.05) is 33.0 Å². The van der Waals surface area contributed by atoms with Crippen LogP contribution in [0.25, 0.3) is 0 Å². The van der Waals surface area contributed by atoms with Gasteiger partial charge < -0.3 is 20.1 Å². The molecule has 3 N–H and O–H groups in total. The third-order valence-corrected chi connectivity index (χ3v) is 10.8. The normalized spacial score (nSPS) is 13.6. The van der Waals surface area contributed by atoms with Crippen LogP contribution in [0.3, 0.4) is 0 Å². The number of hydrogen-bond acceptors (Lipinski definition) is 7. The molecule has 320 valence electrons. The lowest BCUT2D eigenvalue weighted by molar-refractivity contribution is -0.154. The Hall–Kier alpha value is -1.02. The standard InChI is InChI=1S/C45H88NO7P/c1-3-5-7-9-11-13-15-17-19-21-22-23-25-27-29-31-33-35-37-40-50-42-44(43-52-54(48,49)51-41-39-46)53-45(47)38-36-34-32-30-28-26-24-20-18-16-14-12-10-8-6-4-2/h19-21,24,44H,3-18,22-23,25-43,46H2,1-2H3,(H,48,49)/b21-19-,24-20-. The van der Waals surface area contributed by atoms with E-state index in [1.54, 1.807) is 0 Å². The van der Waals surface area contributed by atoms with Crippen LogP contribution in [0.15, 0.2) is 24.3 Å². The Labute approximate surface area is 334 Å². The van der Waals surface area contributed by atoms with E-state index in [9.17, 15) is 14.3 Å². The van der Waals surface area contributed by atoms with Crippen LogP contribution in [0.2, 0.25) is 0 Å². The van der Waals surface area contributed by atoms with Crippen LogP contribution in [0, 0.1) is 0 Å². The molecular formula is C45H88NO7P. The summed E-state index contributed by atoms with van der Waals surface area (Å²) in [7, 11) is -4.28. The maximum atomic E-state index is 12.6. The molecule has 0 aliphatic heterocycles. The first-order valence-electron chi connectivity index (χ1n) is 22.8. The van der Waals surface area contributed by atoms with Crippen molar-refractivity contribution >= 4 is 13.8 Å². The van der Waals surface area contributed by atoms with Gasteiger partial charge in [-0.05, 0) is 64.2 Å². The molecule has 0 saturated carbocycles. The number of unbranched alkanes of at least 4 members (excludes halogenated alkanes) is 27. The molecule has 0 aliphatic rings. The molecule has 8 nitrogen and oxygen atoms in total. The predicted molar refractivity (Wildman–Crippen MR) is 229 cm³/mol. The van der Waals surface area contributed by atoms with Gasteiger partial charge in [0.05, 0.1) is 19.8 Å². The summed E-state index contributed by atoms with van der Waals surface area (Å²) in [5.41, 5.74) is 5.37. The van der Waals surface area contributed by atoms with E-state index in [2.05, 4.69) is 38.2 Å². The van der Waals surface area contributed by atoms with Gasteiger partial charge in [-0.3, -0.25) is 13.8 Å². The van der Waals surface area contributed by atoms with Crippen LogP contribution in [-0.4, -0.2) is 49.9 Å². The van der Waals surface area contributed by atoms with E-state index in [-0.39, 0.29) is 32.3 Å².